The van der Waals surface area contributed by atoms with Gasteiger partial charge in [-0.2, -0.15) is 11.8 Å². The molecule has 88 valence electrons. The van der Waals surface area contributed by atoms with Gasteiger partial charge in [0, 0.05) is 5.75 Å². The first-order chi connectivity index (χ1) is 7.11. The topological polar surface area (TPSA) is 75.6 Å². The van der Waals surface area contributed by atoms with Crippen molar-refractivity contribution in [1.82, 2.24) is 5.32 Å². The van der Waals surface area contributed by atoms with Crippen LogP contribution in [0.5, 0.6) is 0 Å². The van der Waals surface area contributed by atoms with Crippen molar-refractivity contribution in [3.05, 3.63) is 0 Å². The Morgan fingerprint density at radius 3 is 2.67 bits per heavy atom. The number of carboxylic acid groups (broad SMARTS) is 1. The third kappa shape index (κ3) is 7.07. The van der Waals surface area contributed by atoms with Crippen molar-refractivity contribution in [2.24, 2.45) is 0 Å². The fourth-order valence-corrected chi connectivity index (χ4v) is 1.39. The summed E-state index contributed by atoms with van der Waals surface area (Å²) in [5.74, 6) is -0.713. The van der Waals surface area contributed by atoms with Crippen LogP contribution in [0.2, 0.25) is 0 Å². The van der Waals surface area contributed by atoms with Gasteiger partial charge in [-0.3, -0.25) is 0 Å². The maximum atomic E-state index is 11.1. The fraction of sp³-hybridized carbons (Fsp3) is 0.778. The highest BCUT2D eigenvalue weighted by Gasteiger charge is 2.19. The van der Waals surface area contributed by atoms with Gasteiger partial charge < -0.3 is 15.2 Å². The molecule has 0 radical (unpaired) electrons. The van der Waals surface area contributed by atoms with Crippen LogP contribution >= 0.6 is 11.8 Å². The Labute approximate surface area is 93.6 Å². The Morgan fingerprint density at radius 2 is 2.20 bits per heavy atom. The zero-order valence-corrected chi connectivity index (χ0v) is 9.80. The second-order valence-corrected chi connectivity index (χ2v) is 3.89. The van der Waals surface area contributed by atoms with Gasteiger partial charge in [-0.05, 0) is 12.7 Å². The Bertz CT molecular complexity index is 210. The monoisotopic (exact) mass is 235 g/mol. The summed E-state index contributed by atoms with van der Waals surface area (Å²) in [4.78, 5) is 21.8. The van der Waals surface area contributed by atoms with Crippen LogP contribution < -0.4 is 5.32 Å². The first-order valence-corrected chi connectivity index (χ1v) is 6.16. The number of ether oxygens (including phenoxy) is 1. The lowest BCUT2D eigenvalue weighted by Crippen LogP contribution is -2.42. The third-order valence-electron chi connectivity index (χ3n) is 1.65. The van der Waals surface area contributed by atoms with E-state index in [1.54, 1.807) is 6.26 Å². The highest BCUT2D eigenvalue weighted by Crippen LogP contribution is 1.98. The van der Waals surface area contributed by atoms with E-state index in [0.717, 1.165) is 12.8 Å². The summed E-state index contributed by atoms with van der Waals surface area (Å²) in [6, 6.07) is -0.880. The lowest BCUT2D eigenvalue weighted by atomic mass is 10.3. The number of hydrogen-bond donors (Lipinski definition) is 2. The predicted octanol–water partition coefficient (Wildman–Crippen LogP) is 1.33. The van der Waals surface area contributed by atoms with E-state index in [4.69, 9.17) is 9.84 Å². The molecule has 0 aromatic carbocycles. The first-order valence-electron chi connectivity index (χ1n) is 4.76. The maximum Gasteiger partial charge on any atom is 0.407 e. The van der Waals surface area contributed by atoms with E-state index in [0.29, 0.717) is 12.4 Å². The summed E-state index contributed by atoms with van der Waals surface area (Å²) < 4.78 is 4.79. The molecular weight excluding hydrogens is 218 g/mol. The maximum absolute atomic E-state index is 11.1. The Balaban J connectivity index is 3.84. The van der Waals surface area contributed by atoms with Crippen molar-refractivity contribution in [3.8, 4) is 0 Å². The van der Waals surface area contributed by atoms with Crippen molar-refractivity contribution in [2.75, 3.05) is 18.6 Å². The molecule has 0 aliphatic rings. The minimum Gasteiger partial charge on any atom is -0.480 e. The summed E-state index contributed by atoms with van der Waals surface area (Å²) in [6.07, 6.45) is 2.83. The number of rotatable bonds is 7. The van der Waals surface area contributed by atoms with Gasteiger partial charge in [0.2, 0.25) is 0 Å². The van der Waals surface area contributed by atoms with Gasteiger partial charge in [0.05, 0.1) is 6.61 Å². The zero-order chi connectivity index (χ0) is 11.7. The number of carbonyl (C=O) groups excluding carboxylic acids is 1. The minimum atomic E-state index is -1.04. The zero-order valence-electron chi connectivity index (χ0n) is 8.99. The molecule has 0 rings (SSSR count). The fourth-order valence-electron chi connectivity index (χ4n) is 0.834. The standard InChI is InChI=1S/C9H17NO4S/c1-3-4-5-14-9(13)10-7(6-15-2)8(11)12/h7H,3-6H2,1-2H3,(H,10,13)(H,11,12)/t7-/m0/s1. The molecular formula is C9H17NO4S. The first kappa shape index (κ1) is 14.1. The molecule has 0 heterocycles. The molecule has 0 spiro atoms. The lowest BCUT2D eigenvalue weighted by Gasteiger charge is -2.12. The van der Waals surface area contributed by atoms with E-state index in [9.17, 15) is 9.59 Å². The second kappa shape index (κ2) is 8.40. The van der Waals surface area contributed by atoms with Crippen LogP contribution in [0.15, 0.2) is 0 Å². The van der Waals surface area contributed by atoms with E-state index in [-0.39, 0.29) is 0 Å². The van der Waals surface area contributed by atoms with Crippen molar-refractivity contribution in [1.29, 1.82) is 0 Å². The highest BCUT2D eigenvalue weighted by molar-refractivity contribution is 7.98. The number of alkyl carbamates (subject to hydrolysis) is 1. The van der Waals surface area contributed by atoms with Crippen LogP contribution in [0.3, 0.4) is 0 Å². The normalized spacial score (nSPS) is 11.9. The van der Waals surface area contributed by atoms with E-state index in [2.05, 4.69) is 5.32 Å². The molecule has 0 bridgehead atoms. The summed E-state index contributed by atoms with van der Waals surface area (Å²) in [5.41, 5.74) is 0. The Hall–Kier alpha value is -0.910. The number of carbonyl (C=O) groups is 2. The second-order valence-electron chi connectivity index (χ2n) is 2.98. The molecule has 0 saturated carbocycles. The SMILES string of the molecule is CCCCOC(=O)N[C@@H](CSC)C(=O)O. The van der Waals surface area contributed by atoms with E-state index < -0.39 is 18.1 Å². The van der Waals surface area contributed by atoms with Gasteiger partial charge in [0.25, 0.3) is 0 Å². The molecule has 2 N–H and O–H groups in total. The number of amides is 1. The smallest absolute Gasteiger partial charge is 0.407 e. The average Bonchev–Trinajstić information content (AvgIpc) is 2.17. The van der Waals surface area contributed by atoms with Crippen LogP contribution in [0.25, 0.3) is 0 Å². The van der Waals surface area contributed by atoms with Gasteiger partial charge in [0.15, 0.2) is 0 Å². The largest absolute Gasteiger partial charge is 0.480 e. The average molecular weight is 235 g/mol. The highest BCUT2D eigenvalue weighted by atomic mass is 32.2. The molecule has 6 heteroatoms. The molecule has 0 aliphatic heterocycles. The molecule has 0 fully saturated rings. The Morgan fingerprint density at radius 1 is 1.53 bits per heavy atom. The van der Waals surface area contributed by atoms with Crippen molar-refractivity contribution < 1.29 is 19.4 Å². The summed E-state index contributed by atoms with van der Waals surface area (Å²) >= 11 is 1.36. The van der Waals surface area contributed by atoms with Gasteiger partial charge in [0.1, 0.15) is 6.04 Å². The van der Waals surface area contributed by atoms with Crippen LogP contribution in [-0.2, 0) is 9.53 Å². The van der Waals surface area contributed by atoms with E-state index in [1.165, 1.54) is 11.8 Å². The van der Waals surface area contributed by atoms with Gasteiger partial charge in [-0.15, -0.1) is 0 Å². The number of carboxylic acids is 1. The van der Waals surface area contributed by atoms with Crippen molar-refractivity contribution in [3.63, 3.8) is 0 Å². The number of aliphatic carboxylic acids is 1. The van der Waals surface area contributed by atoms with Crippen LogP contribution in [0, 0.1) is 0 Å². The molecule has 1 atom stereocenters. The molecule has 1 amide bonds. The third-order valence-corrected chi connectivity index (χ3v) is 2.32. The lowest BCUT2D eigenvalue weighted by molar-refractivity contribution is -0.138. The van der Waals surface area contributed by atoms with E-state index >= 15 is 0 Å². The van der Waals surface area contributed by atoms with Crippen LogP contribution in [0.1, 0.15) is 19.8 Å². The molecule has 0 unspecified atom stereocenters. The molecule has 0 saturated heterocycles. The molecule has 0 aromatic heterocycles. The van der Waals surface area contributed by atoms with Gasteiger partial charge >= 0.3 is 12.1 Å². The van der Waals surface area contributed by atoms with Crippen molar-refractivity contribution in [2.45, 2.75) is 25.8 Å². The molecule has 0 aliphatic carbocycles. The number of nitrogens with one attached hydrogen (secondary N) is 1. The summed E-state index contributed by atoms with van der Waals surface area (Å²) in [5, 5.41) is 11.0. The van der Waals surface area contributed by atoms with Crippen LogP contribution in [0.4, 0.5) is 4.79 Å². The quantitative estimate of drug-likeness (QED) is 0.651. The number of unbranched alkanes of at least 4 members (excludes halogenated alkanes) is 1. The van der Waals surface area contributed by atoms with Crippen LogP contribution in [-0.4, -0.2) is 41.8 Å². The summed E-state index contributed by atoms with van der Waals surface area (Å²) in [7, 11) is 0. The minimum absolute atomic E-state index is 0.327. The molecule has 5 nitrogen and oxygen atoms in total. The van der Waals surface area contributed by atoms with Gasteiger partial charge in [-0.25, -0.2) is 9.59 Å². The van der Waals surface area contributed by atoms with Gasteiger partial charge in [-0.1, -0.05) is 13.3 Å². The number of hydrogen-bond acceptors (Lipinski definition) is 4. The summed E-state index contributed by atoms with van der Waals surface area (Å²) in [6.45, 7) is 2.31. The molecule has 15 heavy (non-hydrogen) atoms. The predicted molar refractivity (Wildman–Crippen MR) is 59.2 cm³/mol. The van der Waals surface area contributed by atoms with E-state index in [1.807, 2.05) is 6.92 Å². The Kier molecular flexibility index (Phi) is 7.89. The van der Waals surface area contributed by atoms with Crippen molar-refractivity contribution >= 4 is 23.8 Å². The molecule has 0 aromatic rings. The number of thioether (sulfide) groups is 1.